The molecule has 12 nitrogen and oxygen atoms in total. The van der Waals surface area contributed by atoms with Crippen molar-refractivity contribution in [3.05, 3.63) is 163 Å². The van der Waals surface area contributed by atoms with Gasteiger partial charge in [0.1, 0.15) is 49.6 Å². The summed E-state index contributed by atoms with van der Waals surface area (Å²) in [5, 5.41) is 2.65. The van der Waals surface area contributed by atoms with Gasteiger partial charge in [-0.25, -0.2) is 36.5 Å². The molecular weight excluding hydrogens is 805 g/mol. The van der Waals surface area contributed by atoms with Gasteiger partial charge in [-0.1, -0.05) is 9.15 Å². The Balaban J connectivity index is 0.907. The van der Waals surface area contributed by atoms with E-state index in [2.05, 4.69) is 219 Å². The Hall–Kier alpha value is -6.56. The smallest absolute Gasteiger partial charge is 0.240 e. The van der Waals surface area contributed by atoms with E-state index in [-0.39, 0.29) is 0 Å². The van der Waals surface area contributed by atoms with Gasteiger partial charge in [0.05, 0.1) is 82.0 Å². The van der Waals surface area contributed by atoms with Crippen molar-refractivity contribution in [2.75, 3.05) is 0 Å². The monoisotopic (exact) mass is 869 g/mol. The third-order valence-electron chi connectivity index (χ3n) is 15.1. The van der Waals surface area contributed by atoms with Crippen LogP contribution in [-0.2, 0) is 60.3 Å². The van der Waals surface area contributed by atoms with Gasteiger partial charge in [-0.05, 0) is 100 Å². The van der Waals surface area contributed by atoms with Crippen LogP contribution in [0.4, 0.5) is 0 Å². The largest absolute Gasteiger partial charge is 0.553 e. The topological polar surface area (TPSA) is 51.1 Å². The molecule has 0 N–H and O–H groups in total. The summed E-state index contributed by atoms with van der Waals surface area (Å²) in [6, 6.07) is 9.68. The number of imidazole rings is 4. The second kappa shape index (κ2) is 15.9. The van der Waals surface area contributed by atoms with E-state index >= 15 is 0 Å². The van der Waals surface area contributed by atoms with E-state index in [1.54, 1.807) is 0 Å². The molecule has 0 fully saturated rings. The SMILES string of the molecule is C[n+]1ccn(CCCC(CCCn2cc[n+](C)c2)CC2=C3C=CC4=[N+]3C35n6c(ccc6C(CC(CCCn6cc[n+](C)c6)CCCn6cc[n+](C)c6)=c6ccc(n63)=C4)C=C3C=CC2=[N+]35)c1. The molecule has 0 amide bonds. The number of allylic oxidation sites excluding steroid dienone is 5. The molecule has 1 spiro atoms. The lowest BCUT2D eigenvalue weighted by atomic mass is 9.86. The first-order valence-electron chi connectivity index (χ1n) is 24.2. The normalized spacial score (nSPS) is 18.3. The molecule has 330 valence electrons. The highest BCUT2D eigenvalue weighted by Crippen LogP contribution is 2.48. The van der Waals surface area contributed by atoms with Gasteiger partial charge in [-0.2, -0.15) is 9.13 Å². The molecule has 0 aliphatic carbocycles. The maximum atomic E-state index is 2.72. The van der Waals surface area contributed by atoms with Crippen LogP contribution in [0.3, 0.4) is 0 Å². The van der Waals surface area contributed by atoms with Gasteiger partial charge in [-0.3, -0.25) is 0 Å². The zero-order chi connectivity index (χ0) is 43.8. The molecule has 0 radical (unpaired) electrons. The maximum absolute atomic E-state index is 2.72. The molecule has 0 aromatic carbocycles. The van der Waals surface area contributed by atoms with Crippen molar-refractivity contribution in [1.29, 1.82) is 0 Å². The van der Waals surface area contributed by atoms with E-state index in [9.17, 15) is 0 Å². The summed E-state index contributed by atoms with van der Waals surface area (Å²) in [4.78, 5) is 0. The van der Waals surface area contributed by atoms with Crippen molar-refractivity contribution >= 4 is 29.1 Å². The zero-order valence-corrected chi connectivity index (χ0v) is 38.6. The van der Waals surface area contributed by atoms with Gasteiger partial charge in [0, 0.05) is 42.0 Å². The van der Waals surface area contributed by atoms with Crippen LogP contribution in [0.15, 0.2) is 140 Å². The number of aryl methyl sites for hydroxylation is 8. The first-order chi connectivity index (χ1) is 31.8. The molecule has 0 saturated carbocycles. The van der Waals surface area contributed by atoms with E-state index in [0.717, 1.165) is 64.7 Å². The molecule has 1 unspecified atom stereocenters. The lowest BCUT2D eigenvalue weighted by molar-refractivity contribution is -0.837. The van der Waals surface area contributed by atoms with E-state index in [1.807, 2.05) is 0 Å². The Kier molecular flexibility index (Phi) is 9.75. The Bertz CT molecular complexity index is 3100. The standard InChI is InChI=1S/C53H64N12/c1-54-25-29-58(37-54)21-5-9-41(10-6-22-59-30-26-55(2)38-59)33-47-49-17-13-43-35-45-15-19-51-48(34-42(11-7-23-60-31-27-56(3)39-60)12-8-24-61-32-28-57(4)40-61)52-20-16-46-36-44-14-18-50(47)63(44)53(62(43)49,64(45)51)65(46)52/h13-20,25-32,35-42H,5-12,21-24,33-34H2,1-4H3/q+6. The molecule has 12 heterocycles. The molecule has 6 aliphatic rings. The summed E-state index contributed by atoms with van der Waals surface area (Å²) in [5.74, 6) is 0.516. The lowest BCUT2D eigenvalue weighted by Crippen LogP contribution is -2.70. The minimum absolute atomic E-state index is 0.560. The minimum Gasteiger partial charge on any atom is -0.240 e. The Morgan fingerprint density at radius 1 is 0.523 bits per heavy atom. The molecule has 6 aromatic rings. The minimum atomic E-state index is -0.603. The number of hydrogen-bond acceptors (Lipinski definition) is 0. The second-order valence-electron chi connectivity index (χ2n) is 19.7. The van der Waals surface area contributed by atoms with Gasteiger partial charge in [0.25, 0.3) is 0 Å². The van der Waals surface area contributed by atoms with Crippen molar-refractivity contribution in [1.82, 2.24) is 27.4 Å². The Labute approximate surface area is 381 Å². The van der Waals surface area contributed by atoms with Gasteiger partial charge in [0.15, 0.2) is 0 Å². The quantitative estimate of drug-likeness (QED) is 0.105. The first kappa shape index (κ1) is 40.0. The predicted octanol–water partition coefficient (Wildman–Crippen LogP) is 3.82. The van der Waals surface area contributed by atoms with Crippen LogP contribution < -0.4 is 29.0 Å². The van der Waals surface area contributed by atoms with Gasteiger partial charge in [-0.15, -0.1) is 0 Å². The van der Waals surface area contributed by atoms with Crippen LogP contribution >= 0.6 is 0 Å². The molecule has 12 rings (SSSR count). The first-order valence-corrected chi connectivity index (χ1v) is 24.2. The number of aromatic nitrogens is 10. The third-order valence-corrected chi connectivity index (χ3v) is 15.1. The maximum Gasteiger partial charge on any atom is 0.553 e. The van der Waals surface area contributed by atoms with Crippen molar-refractivity contribution in [2.45, 2.75) is 96.3 Å². The third kappa shape index (κ3) is 6.77. The van der Waals surface area contributed by atoms with Gasteiger partial charge >= 0.3 is 5.91 Å². The van der Waals surface area contributed by atoms with E-state index in [4.69, 9.17) is 0 Å². The van der Waals surface area contributed by atoms with E-state index in [0.29, 0.717) is 11.8 Å². The number of hydrogen-bond donors (Lipinski definition) is 0. The van der Waals surface area contributed by atoms with Crippen molar-refractivity contribution in [2.24, 2.45) is 40.0 Å². The fourth-order valence-corrected chi connectivity index (χ4v) is 12.2. The summed E-state index contributed by atoms with van der Waals surface area (Å²) in [5.41, 5.74) is 10.9. The summed E-state index contributed by atoms with van der Waals surface area (Å²) >= 11 is 0. The molecule has 1 atom stereocenters. The average molecular weight is 869 g/mol. The highest BCUT2D eigenvalue weighted by atomic mass is 15.6. The lowest BCUT2D eigenvalue weighted by Gasteiger charge is -2.40. The molecule has 0 bridgehead atoms. The number of nitrogens with zero attached hydrogens (tertiary/aromatic N) is 12. The second-order valence-corrected chi connectivity index (χ2v) is 19.7. The Morgan fingerprint density at radius 2 is 1.06 bits per heavy atom. The predicted molar refractivity (Wildman–Crippen MR) is 248 cm³/mol. The van der Waals surface area contributed by atoms with Crippen molar-refractivity contribution in [3.63, 3.8) is 0 Å². The Morgan fingerprint density at radius 3 is 1.58 bits per heavy atom. The number of rotatable bonds is 20. The van der Waals surface area contributed by atoms with Crippen LogP contribution in [0, 0.1) is 11.8 Å². The molecule has 6 aromatic heterocycles. The van der Waals surface area contributed by atoms with Crippen LogP contribution in [0.25, 0.3) is 17.7 Å². The molecular formula is C53H64N12+6. The summed E-state index contributed by atoms with van der Waals surface area (Å²) < 4.78 is 28.8. The molecule has 65 heavy (non-hydrogen) atoms. The van der Waals surface area contributed by atoms with Gasteiger partial charge in [0.2, 0.25) is 48.1 Å². The van der Waals surface area contributed by atoms with E-state index in [1.165, 1.54) is 81.7 Å². The van der Waals surface area contributed by atoms with Crippen LogP contribution in [-0.4, -0.2) is 48.0 Å². The zero-order valence-electron chi connectivity index (χ0n) is 38.6. The molecule has 12 heteroatoms. The highest BCUT2D eigenvalue weighted by Gasteiger charge is 2.71. The van der Waals surface area contributed by atoms with E-state index < -0.39 is 5.91 Å². The van der Waals surface area contributed by atoms with Gasteiger partial charge < -0.3 is 0 Å². The average Bonchev–Trinajstić information content (AvgIpc) is 4.15. The summed E-state index contributed by atoms with van der Waals surface area (Å²) in [6.07, 6.45) is 52.4. The molecule has 6 aliphatic heterocycles. The fourth-order valence-electron chi connectivity index (χ4n) is 12.2. The van der Waals surface area contributed by atoms with Crippen LogP contribution in [0.5, 0.6) is 0 Å². The van der Waals surface area contributed by atoms with Crippen LogP contribution in [0.2, 0.25) is 0 Å². The van der Waals surface area contributed by atoms with Crippen molar-refractivity contribution < 1.29 is 27.4 Å². The highest BCUT2D eigenvalue weighted by molar-refractivity contribution is 6.17. The van der Waals surface area contributed by atoms with Crippen molar-refractivity contribution in [3.8, 4) is 0 Å². The molecule has 0 saturated heterocycles. The van der Waals surface area contributed by atoms with Crippen LogP contribution in [0.1, 0.15) is 75.6 Å². The fraction of sp³-hybridized carbons (Fsp3) is 0.396. The summed E-state index contributed by atoms with van der Waals surface area (Å²) in [6.45, 7) is 4.18. The summed E-state index contributed by atoms with van der Waals surface area (Å²) in [7, 11) is 8.45.